The van der Waals surface area contributed by atoms with Gasteiger partial charge >= 0.3 is 5.97 Å². The minimum Gasteiger partial charge on any atom is -0.480 e. The summed E-state index contributed by atoms with van der Waals surface area (Å²) in [5.74, 6) is 0.0567. The van der Waals surface area contributed by atoms with Gasteiger partial charge < -0.3 is 14.8 Å². The lowest BCUT2D eigenvalue weighted by atomic mass is 10.1. The van der Waals surface area contributed by atoms with Gasteiger partial charge in [0.25, 0.3) is 5.91 Å². The number of nitrogens with one attached hydrogen (secondary N) is 1. The summed E-state index contributed by atoms with van der Waals surface area (Å²) in [5.41, 5.74) is 3.74. The minimum atomic E-state index is -0.629. The van der Waals surface area contributed by atoms with Crippen molar-refractivity contribution in [3.8, 4) is 5.75 Å². The van der Waals surface area contributed by atoms with E-state index in [9.17, 15) is 9.59 Å². The Morgan fingerprint density at radius 3 is 2.48 bits per heavy atom. The van der Waals surface area contributed by atoms with Crippen molar-refractivity contribution in [3.05, 3.63) is 58.7 Å². The molecule has 0 saturated heterocycles. The maximum absolute atomic E-state index is 12.8. The molecule has 0 fully saturated rings. The Hall–Kier alpha value is -2.82. The van der Waals surface area contributed by atoms with Crippen LogP contribution >= 0.6 is 0 Å². The molecule has 0 unspecified atom stereocenters. The molecular formula is C22H27NO4. The van der Waals surface area contributed by atoms with Crippen LogP contribution < -0.4 is 10.1 Å². The molecule has 0 aliphatic heterocycles. The van der Waals surface area contributed by atoms with Crippen LogP contribution in [0.2, 0.25) is 0 Å². The van der Waals surface area contributed by atoms with E-state index in [1.54, 1.807) is 32.0 Å². The average Bonchev–Trinajstić information content (AvgIpc) is 2.64. The van der Waals surface area contributed by atoms with Crippen molar-refractivity contribution in [2.24, 2.45) is 0 Å². The van der Waals surface area contributed by atoms with Gasteiger partial charge in [0.1, 0.15) is 5.75 Å². The summed E-state index contributed by atoms with van der Waals surface area (Å²) in [6.45, 7) is 9.68. The number of amides is 1. The zero-order valence-electron chi connectivity index (χ0n) is 16.6. The highest BCUT2D eigenvalue weighted by molar-refractivity contribution is 5.98. The molecule has 0 aliphatic rings. The maximum atomic E-state index is 12.8. The number of hydrogen-bond donors (Lipinski definition) is 1. The van der Waals surface area contributed by atoms with E-state index in [1.807, 2.05) is 39.0 Å². The molecule has 0 radical (unpaired) electrons. The molecule has 0 aromatic heterocycles. The van der Waals surface area contributed by atoms with Gasteiger partial charge in [0, 0.05) is 5.69 Å². The lowest BCUT2D eigenvalue weighted by Gasteiger charge is -2.20. The number of anilines is 1. The smallest absolute Gasteiger partial charge is 0.338 e. The van der Waals surface area contributed by atoms with Gasteiger partial charge in [0.2, 0.25) is 0 Å². The van der Waals surface area contributed by atoms with Crippen molar-refractivity contribution in [2.45, 2.75) is 47.1 Å². The molecule has 27 heavy (non-hydrogen) atoms. The van der Waals surface area contributed by atoms with Crippen molar-refractivity contribution in [1.29, 1.82) is 0 Å². The maximum Gasteiger partial charge on any atom is 0.338 e. The van der Waals surface area contributed by atoms with E-state index in [0.717, 1.165) is 11.1 Å². The molecule has 1 amide bonds. The molecule has 1 atom stereocenters. The van der Waals surface area contributed by atoms with Gasteiger partial charge in [0.15, 0.2) is 6.10 Å². The third-order valence-electron chi connectivity index (χ3n) is 4.36. The first kappa shape index (κ1) is 20.5. The summed E-state index contributed by atoms with van der Waals surface area (Å²) >= 11 is 0. The lowest BCUT2D eigenvalue weighted by Crippen LogP contribution is -2.33. The number of rotatable bonds is 7. The standard InChI is InChI=1S/C22H27NO4/c1-6-19(27-20-13-14(3)11-12-15(20)4)21(24)23-18-10-8-9-17(16(18)5)22(25)26-7-2/h8-13,19H,6-7H2,1-5H3,(H,23,24)/t19-/m0/s1. The summed E-state index contributed by atoms with van der Waals surface area (Å²) < 4.78 is 11.0. The summed E-state index contributed by atoms with van der Waals surface area (Å²) in [5, 5.41) is 2.88. The van der Waals surface area contributed by atoms with Gasteiger partial charge in [-0.3, -0.25) is 4.79 Å². The van der Waals surface area contributed by atoms with Crippen LogP contribution in [-0.2, 0) is 9.53 Å². The van der Waals surface area contributed by atoms with Crippen LogP contribution in [0, 0.1) is 20.8 Å². The number of benzene rings is 2. The molecule has 0 aliphatic carbocycles. The molecule has 5 heteroatoms. The summed E-state index contributed by atoms with van der Waals surface area (Å²) in [7, 11) is 0. The van der Waals surface area contributed by atoms with Gasteiger partial charge in [-0.2, -0.15) is 0 Å². The predicted octanol–water partition coefficient (Wildman–Crippen LogP) is 4.58. The van der Waals surface area contributed by atoms with Crippen molar-refractivity contribution in [2.75, 3.05) is 11.9 Å². The second kappa shape index (κ2) is 9.21. The molecule has 144 valence electrons. The SMILES string of the molecule is CCOC(=O)c1cccc(NC(=O)[C@H](CC)Oc2cc(C)ccc2C)c1C. The van der Waals surface area contributed by atoms with Crippen LogP contribution in [-0.4, -0.2) is 24.6 Å². The van der Waals surface area contributed by atoms with E-state index >= 15 is 0 Å². The first-order valence-corrected chi connectivity index (χ1v) is 9.18. The molecule has 1 N–H and O–H groups in total. The molecular weight excluding hydrogens is 342 g/mol. The summed E-state index contributed by atoms with van der Waals surface area (Å²) in [6.07, 6.45) is -0.105. The monoisotopic (exact) mass is 369 g/mol. The first-order chi connectivity index (χ1) is 12.9. The van der Waals surface area contributed by atoms with Crippen LogP contribution in [0.25, 0.3) is 0 Å². The van der Waals surface area contributed by atoms with Crippen molar-refractivity contribution in [1.82, 2.24) is 0 Å². The van der Waals surface area contributed by atoms with Crippen LogP contribution in [0.4, 0.5) is 5.69 Å². The van der Waals surface area contributed by atoms with E-state index in [1.165, 1.54) is 0 Å². The van der Waals surface area contributed by atoms with Gasteiger partial charge in [-0.25, -0.2) is 4.79 Å². The summed E-state index contributed by atoms with van der Waals surface area (Å²) in [6, 6.07) is 11.1. The molecule has 0 saturated carbocycles. The van der Waals surface area contributed by atoms with E-state index in [2.05, 4.69) is 5.32 Å². The van der Waals surface area contributed by atoms with E-state index < -0.39 is 12.1 Å². The van der Waals surface area contributed by atoms with Crippen LogP contribution in [0.5, 0.6) is 5.75 Å². The predicted molar refractivity (Wildman–Crippen MR) is 106 cm³/mol. The number of ether oxygens (including phenoxy) is 2. The molecule has 0 bridgehead atoms. The first-order valence-electron chi connectivity index (χ1n) is 9.18. The Morgan fingerprint density at radius 2 is 1.81 bits per heavy atom. The molecule has 0 spiro atoms. The van der Waals surface area contributed by atoms with Gasteiger partial charge in [-0.1, -0.05) is 25.1 Å². The van der Waals surface area contributed by atoms with Crippen molar-refractivity contribution in [3.63, 3.8) is 0 Å². The fourth-order valence-corrected chi connectivity index (χ4v) is 2.72. The Labute approximate surface area is 160 Å². The Kier molecular flexibility index (Phi) is 6.99. The Balaban J connectivity index is 2.18. The zero-order valence-corrected chi connectivity index (χ0v) is 16.6. The van der Waals surface area contributed by atoms with Gasteiger partial charge in [-0.15, -0.1) is 0 Å². The van der Waals surface area contributed by atoms with Crippen molar-refractivity contribution < 1.29 is 19.1 Å². The fraction of sp³-hybridized carbons (Fsp3) is 0.364. The van der Waals surface area contributed by atoms with E-state index in [-0.39, 0.29) is 5.91 Å². The van der Waals surface area contributed by atoms with E-state index in [4.69, 9.17) is 9.47 Å². The highest BCUT2D eigenvalue weighted by Gasteiger charge is 2.21. The van der Waals surface area contributed by atoms with Gasteiger partial charge in [-0.05, 0) is 69.0 Å². The normalized spacial score (nSPS) is 11.6. The van der Waals surface area contributed by atoms with Crippen molar-refractivity contribution >= 4 is 17.6 Å². The average molecular weight is 369 g/mol. The number of aryl methyl sites for hydroxylation is 2. The number of carbonyl (C=O) groups excluding carboxylic acids is 2. The molecule has 2 aromatic carbocycles. The summed E-state index contributed by atoms with van der Waals surface area (Å²) in [4.78, 5) is 24.8. The van der Waals surface area contributed by atoms with Crippen LogP contribution in [0.15, 0.2) is 36.4 Å². The molecule has 2 aromatic rings. The fourth-order valence-electron chi connectivity index (χ4n) is 2.72. The Morgan fingerprint density at radius 1 is 1.07 bits per heavy atom. The number of hydrogen-bond acceptors (Lipinski definition) is 4. The molecule has 2 rings (SSSR count). The van der Waals surface area contributed by atoms with Crippen LogP contribution in [0.3, 0.4) is 0 Å². The number of carbonyl (C=O) groups is 2. The minimum absolute atomic E-state index is 0.248. The quantitative estimate of drug-likeness (QED) is 0.725. The third-order valence-corrected chi connectivity index (χ3v) is 4.36. The second-order valence-corrected chi connectivity index (χ2v) is 6.47. The highest BCUT2D eigenvalue weighted by atomic mass is 16.5. The Bertz CT molecular complexity index is 829. The van der Waals surface area contributed by atoms with E-state index in [0.29, 0.717) is 35.6 Å². The molecule has 5 nitrogen and oxygen atoms in total. The second-order valence-electron chi connectivity index (χ2n) is 6.47. The highest BCUT2D eigenvalue weighted by Crippen LogP contribution is 2.23. The van der Waals surface area contributed by atoms with Gasteiger partial charge in [0.05, 0.1) is 12.2 Å². The zero-order chi connectivity index (χ0) is 20.0. The number of esters is 1. The largest absolute Gasteiger partial charge is 0.480 e. The molecule has 0 heterocycles. The lowest BCUT2D eigenvalue weighted by molar-refractivity contribution is -0.122. The topological polar surface area (TPSA) is 64.6 Å². The third kappa shape index (κ3) is 5.09. The van der Waals surface area contributed by atoms with Crippen LogP contribution in [0.1, 0.15) is 47.3 Å².